The molecule has 2 saturated heterocycles. The normalized spacial score (nSPS) is 27.4. The number of carbonyl (C=O) groups excluding carboxylic acids is 1. The van der Waals surface area contributed by atoms with Crippen molar-refractivity contribution in [2.75, 3.05) is 39.9 Å². The molecule has 0 spiro atoms. The third-order valence-electron chi connectivity index (χ3n) is 5.47. The summed E-state index contributed by atoms with van der Waals surface area (Å²) in [5.74, 6) is 1.37. The van der Waals surface area contributed by atoms with E-state index in [1.54, 1.807) is 14.0 Å². The molecule has 4 heteroatoms. The summed E-state index contributed by atoms with van der Waals surface area (Å²) in [6, 6.07) is 8.78. The number of likely N-dealkylation sites (tertiary alicyclic amines) is 2. The van der Waals surface area contributed by atoms with E-state index in [1.807, 2.05) is 0 Å². The summed E-state index contributed by atoms with van der Waals surface area (Å²) in [7, 11) is 1.76. The van der Waals surface area contributed by atoms with Crippen LogP contribution in [0.25, 0.3) is 0 Å². The number of benzene rings is 1. The monoisotopic (exact) mass is 316 g/mol. The van der Waals surface area contributed by atoms with Crippen LogP contribution < -0.4 is 0 Å². The first kappa shape index (κ1) is 16.5. The van der Waals surface area contributed by atoms with Crippen LogP contribution in [-0.4, -0.2) is 55.6 Å². The van der Waals surface area contributed by atoms with E-state index < -0.39 is 0 Å². The van der Waals surface area contributed by atoms with Gasteiger partial charge in [0.25, 0.3) is 0 Å². The van der Waals surface area contributed by atoms with E-state index in [0.29, 0.717) is 11.8 Å². The summed E-state index contributed by atoms with van der Waals surface area (Å²) >= 11 is 0. The van der Waals surface area contributed by atoms with E-state index in [4.69, 9.17) is 4.74 Å². The number of methoxy groups -OCH3 is 1. The number of rotatable bonds is 5. The molecule has 23 heavy (non-hydrogen) atoms. The molecule has 2 aliphatic rings. The number of amides is 1. The fourth-order valence-corrected chi connectivity index (χ4v) is 4.39. The quantitative estimate of drug-likeness (QED) is 0.783. The van der Waals surface area contributed by atoms with Crippen molar-refractivity contribution in [3.63, 3.8) is 0 Å². The van der Waals surface area contributed by atoms with E-state index >= 15 is 0 Å². The van der Waals surface area contributed by atoms with Crippen LogP contribution in [0.15, 0.2) is 24.3 Å². The van der Waals surface area contributed by atoms with Crippen molar-refractivity contribution in [1.82, 2.24) is 9.80 Å². The lowest BCUT2D eigenvalue weighted by Gasteiger charge is -2.30. The Morgan fingerprint density at radius 2 is 2.04 bits per heavy atom. The van der Waals surface area contributed by atoms with E-state index in [-0.39, 0.29) is 11.9 Å². The predicted octanol–water partition coefficient (Wildman–Crippen LogP) is 2.48. The molecule has 0 aromatic heterocycles. The van der Waals surface area contributed by atoms with Crippen LogP contribution in [0.3, 0.4) is 0 Å². The van der Waals surface area contributed by atoms with Gasteiger partial charge in [-0.1, -0.05) is 24.3 Å². The van der Waals surface area contributed by atoms with Crippen LogP contribution in [0.4, 0.5) is 0 Å². The summed E-state index contributed by atoms with van der Waals surface area (Å²) in [5, 5.41) is 0. The smallest absolute Gasteiger partial charge is 0.219 e. The fourth-order valence-electron chi connectivity index (χ4n) is 4.39. The number of hydrogen-bond donors (Lipinski definition) is 0. The second kappa shape index (κ2) is 7.02. The highest BCUT2D eigenvalue weighted by Gasteiger charge is 2.48. The molecule has 3 rings (SSSR count). The van der Waals surface area contributed by atoms with Crippen LogP contribution in [0, 0.1) is 18.8 Å². The summed E-state index contributed by atoms with van der Waals surface area (Å²) < 4.78 is 5.17. The van der Waals surface area contributed by atoms with E-state index in [0.717, 1.165) is 39.2 Å². The Hall–Kier alpha value is -1.39. The molecule has 2 aliphatic heterocycles. The number of aryl methyl sites for hydroxylation is 1. The van der Waals surface area contributed by atoms with Crippen LogP contribution in [-0.2, 0) is 9.53 Å². The van der Waals surface area contributed by atoms with Gasteiger partial charge >= 0.3 is 0 Å². The number of nitrogens with zero attached hydrogens (tertiary/aromatic N) is 2. The fraction of sp³-hybridized carbons (Fsp3) is 0.632. The topological polar surface area (TPSA) is 32.8 Å². The van der Waals surface area contributed by atoms with Gasteiger partial charge in [-0.3, -0.25) is 4.79 Å². The van der Waals surface area contributed by atoms with Gasteiger partial charge in [0.15, 0.2) is 0 Å². The van der Waals surface area contributed by atoms with Gasteiger partial charge in [-0.2, -0.15) is 0 Å². The van der Waals surface area contributed by atoms with Crippen molar-refractivity contribution in [2.45, 2.75) is 26.3 Å². The molecule has 0 N–H and O–H groups in total. The average Bonchev–Trinajstić information content (AvgIpc) is 3.05. The third kappa shape index (κ3) is 3.29. The lowest BCUT2D eigenvalue weighted by Crippen LogP contribution is -2.35. The first-order chi connectivity index (χ1) is 11.1. The second-order valence-corrected chi connectivity index (χ2v) is 7.00. The van der Waals surface area contributed by atoms with Crippen LogP contribution >= 0.6 is 0 Å². The second-order valence-electron chi connectivity index (χ2n) is 7.00. The van der Waals surface area contributed by atoms with Gasteiger partial charge in [0.05, 0.1) is 6.04 Å². The highest BCUT2D eigenvalue weighted by molar-refractivity contribution is 5.74. The van der Waals surface area contributed by atoms with Crippen molar-refractivity contribution >= 4 is 5.91 Å². The molecule has 1 aromatic rings. The minimum Gasteiger partial charge on any atom is -0.385 e. The lowest BCUT2D eigenvalue weighted by molar-refractivity contribution is -0.130. The molecule has 2 fully saturated rings. The van der Waals surface area contributed by atoms with Crippen LogP contribution in [0.2, 0.25) is 0 Å². The number of hydrogen-bond acceptors (Lipinski definition) is 3. The van der Waals surface area contributed by atoms with E-state index in [9.17, 15) is 4.79 Å². The van der Waals surface area contributed by atoms with Gasteiger partial charge in [0.1, 0.15) is 0 Å². The maximum Gasteiger partial charge on any atom is 0.219 e. The summed E-state index contributed by atoms with van der Waals surface area (Å²) in [4.78, 5) is 16.8. The first-order valence-electron chi connectivity index (χ1n) is 8.66. The SMILES string of the molecule is COCCCN1C[C@@H]2CN(C(C)=O)[C@H](c3ccccc3C)[C@@H]2C1. The van der Waals surface area contributed by atoms with Crippen molar-refractivity contribution < 1.29 is 9.53 Å². The molecule has 1 aromatic carbocycles. The summed E-state index contributed by atoms with van der Waals surface area (Å²) in [5.41, 5.74) is 2.62. The van der Waals surface area contributed by atoms with Gasteiger partial charge in [-0.05, 0) is 30.4 Å². The summed E-state index contributed by atoms with van der Waals surface area (Å²) in [6.45, 7) is 8.90. The standard InChI is InChI=1S/C19H28N2O2/c1-14-7-4-5-8-17(14)19-18-13-20(9-6-10-23-3)11-16(18)12-21(19)15(2)22/h4-5,7-8,16,18-19H,6,9-13H2,1-3H3/t16-,18-,19-/m1/s1. The maximum absolute atomic E-state index is 12.2. The highest BCUT2D eigenvalue weighted by Crippen LogP contribution is 2.45. The molecule has 2 heterocycles. The molecule has 1 amide bonds. The number of fused-ring (bicyclic) bond motifs is 1. The predicted molar refractivity (Wildman–Crippen MR) is 91.2 cm³/mol. The van der Waals surface area contributed by atoms with Crippen molar-refractivity contribution in [1.29, 1.82) is 0 Å². The molecular weight excluding hydrogens is 288 g/mol. The summed E-state index contributed by atoms with van der Waals surface area (Å²) in [6.07, 6.45) is 1.08. The van der Waals surface area contributed by atoms with Crippen molar-refractivity contribution in [3.05, 3.63) is 35.4 Å². The Morgan fingerprint density at radius 1 is 1.26 bits per heavy atom. The molecule has 4 nitrogen and oxygen atoms in total. The van der Waals surface area contributed by atoms with Gasteiger partial charge in [-0.25, -0.2) is 0 Å². The Labute approximate surface area is 139 Å². The zero-order chi connectivity index (χ0) is 16.4. The molecule has 3 atom stereocenters. The van der Waals surface area contributed by atoms with Gasteiger partial charge in [0, 0.05) is 52.7 Å². The van der Waals surface area contributed by atoms with Crippen LogP contribution in [0.1, 0.15) is 30.5 Å². The Balaban J connectivity index is 1.78. The van der Waals surface area contributed by atoms with E-state index in [1.165, 1.54) is 11.1 Å². The minimum absolute atomic E-state index is 0.207. The molecule has 0 saturated carbocycles. The zero-order valence-electron chi connectivity index (χ0n) is 14.5. The Bertz CT molecular complexity index is 560. The maximum atomic E-state index is 12.2. The van der Waals surface area contributed by atoms with Gasteiger partial charge < -0.3 is 14.5 Å². The molecule has 0 bridgehead atoms. The first-order valence-corrected chi connectivity index (χ1v) is 8.66. The molecule has 126 valence electrons. The zero-order valence-corrected chi connectivity index (χ0v) is 14.5. The lowest BCUT2D eigenvalue weighted by atomic mass is 9.87. The largest absolute Gasteiger partial charge is 0.385 e. The third-order valence-corrected chi connectivity index (χ3v) is 5.47. The molecule has 0 radical (unpaired) electrons. The average molecular weight is 316 g/mol. The highest BCUT2D eigenvalue weighted by atomic mass is 16.5. The van der Waals surface area contributed by atoms with Crippen molar-refractivity contribution in [3.8, 4) is 0 Å². The van der Waals surface area contributed by atoms with Gasteiger partial charge in [0.2, 0.25) is 5.91 Å². The molecule has 0 unspecified atom stereocenters. The van der Waals surface area contributed by atoms with Crippen LogP contribution in [0.5, 0.6) is 0 Å². The number of ether oxygens (including phenoxy) is 1. The van der Waals surface area contributed by atoms with Crippen molar-refractivity contribution in [2.24, 2.45) is 11.8 Å². The molecule has 0 aliphatic carbocycles. The number of carbonyl (C=O) groups is 1. The van der Waals surface area contributed by atoms with E-state index in [2.05, 4.69) is 41.0 Å². The Kier molecular flexibility index (Phi) is 5.02. The minimum atomic E-state index is 0.207. The Morgan fingerprint density at radius 3 is 2.74 bits per heavy atom. The van der Waals surface area contributed by atoms with Gasteiger partial charge in [-0.15, -0.1) is 0 Å². The molecular formula is C19H28N2O2.